The summed E-state index contributed by atoms with van der Waals surface area (Å²) in [6.45, 7) is 1.13. The fourth-order valence-electron chi connectivity index (χ4n) is 3.16. The number of rotatable bonds is 2. The van der Waals surface area contributed by atoms with Gasteiger partial charge in [-0.05, 0) is 30.3 Å². The maximum Gasteiger partial charge on any atom is 0.235 e. The van der Waals surface area contributed by atoms with Crippen molar-refractivity contribution in [2.75, 3.05) is 13.2 Å². The smallest absolute Gasteiger partial charge is 0.235 e. The van der Waals surface area contributed by atoms with E-state index in [0.717, 1.165) is 33.0 Å². The molecule has 0 amide bonds. The predicted octanol–water partition coefficient (Wildman–Crippen LogP) is 4.04. The Morgan fingerprint density at radius 2 is 1.81 bits per heavy atom. The molecule has 1 aliphatic rings. The molecule has 0 radical (unpaired) electrons. The fourth-order valence-corrected chi connectivity index (χ4v) is 3.99. The van der Waals surface area contributed by atoms with Crippen molar-refractivity contribution >= 4 is 27.3 Å². The van der Waals surface area contributed by atoms with E-state index in [4.69, 9.17) is 19.0 Å². The third-order valence-electron chi connectivity index (χ3n) is 4.43. The molecule has 132 valence electrons. The summed E-state index contributed by atoms with van der Waals surface area (Å²) in [6, 6.07) is 15.6. The van der Waals surface area contributed by atoms with Gasteiger partial charge in [0.05, 0.1) is 0 Å². The van der Waals surface area contributed by atoms with Crippen LogP contribution in [-0.4, -0.2) is 33.0 Å². The summed E-state index contributed by atoms with van der Waals surface area (Å²) in [5.74, 6) is 2.72. The van der Waals surface area contributed by atoms with E-state index in [2.05, 4.69) is 10.2 Å². The summed E-state index contributed by atoms with van der Waals surface area (Å²) in [5, 5.41) is 15.0. The van der Waals surface area contributed by atoms with Gasteiger partial charge in [0.1, 0.15) is 23.8 Å². The predicted molar refractivity (Wildman–Crippen MR) is 100 cm³/mol. The Kier molecular flexibility index (Phi) is 3.03. The number of hydrogen-bond donors (Lipinski definition) is 0. The van der Waals surface area contributed by atoms with Gasteiger partial charge >= 0.3 is 0 Å². The SMILES string of the molecule is c1ccc2oc(-c3nnc4sc(-c5ccc6c(c5)OCCO6)nn34)cc2c1. The highest BCUT2D eigenvalue weighted by atomic mass is 32.1. The molecule has 0 saturated heterocycles. The Hall–Kier alpha value is -3.39. The highest BCUT2D eigenvalue weighted by Gasteiger charge is 2.19. The standard InChI is InChI=1S/C19H12N4O3S/c1-2-4-13-11(3-1)9-16(26-13)17-20-21-19-23(17)22-18(27-19)12-5-6-14-15(10-12)25-8-7-24-14/h1-6,9-10H,7-8H2. The lowest BCUT2D eigenvalue weighted by Gasteiger charge is -2.18. The normalized spacial score (nSPS) is 13.5. The maximum atomic E-state index is 5.91. The van der Waals surface area contributed by atoms with Gasteiger partial charge in [-0.2, -0.15) is 9.61 Å². The van der Waals surface area contributed by atoms with Gasteiger partial charge in [0.15, 0.2) is 17.3 Å². The molecule has 8 heteroatoms. The molecular weight excluding hydrogens is 364 g/mol. The zero-order valence-electron chi connectivity index (χ0n) is 14.0. The van der Waals surface area contributed by atoms with Gasteiger partial charge < -0.3 is 13.9 Å². The van der Waals surface area contributed by atoms with E-state index in [1.54, 1.807) is 4.52 Å². The molecule has 0 aliphatic carbocycles. The molecule has 5 aromatic rings. The van der Waals surface area contributed by atoms with Crippen LogP contribution in [0.1, 0.15) is 0 Å². The zero-order valence-corrected chi connectivity index (χ0v) is 14.8. The first-order valence-corrected chi connectivity index (χ1v) is 9.28. The molecule has 4 heterocycles. The van der Waals surface area contributed by atoms with Crippen LogP contribution < -0.4 is 9.47 Å². The van der Waals surface area contributed by atoms with E-state index in [9.17, 15) is 0 Å². The van der Waals surface area contributed by atoms with Crippen molar-refractivity contribution < 1.29 is 13.9 Å². The summed E-state index contributed by atoms with van der Waals surface area (Å²) in [5.41, 5.74) is 1.76. The molecule has 0 unspecified atom stereocenters. The van der Waals surface area contributed by atoms with Crippen molar-refractivity contribution in [1.29, 1.82) is 0 Å². The molecule has 1 aliphatic heterocycles. The third-order valence-corrected chi connectivity index (χ3v) is 5.37. The first-order valence-electron chi connectivity index (χ1n) is 8.46. The summed E-state index contributed by atoms with van der Waals surface area (Å²) in [4.78, 5) is 0.704. The van der Waals surface area contributed by atoms with E-state index >= 15 is 0 Å². The molecule has 0 bridgehead atoms. The van der Waals surface area contributed by atoms with Crippen molar-refractivity contribution in [3.63, 3.8) is 0 Å². The van der Waals surface area contributed by atoms with Gasteiger partial charge in [-0.15, -0.1) is 10.2 Å². The van der Waals surface area contributed by atoms with Crippen LogP contribution in [0.25, 0.3) is 38.1 Å². The highest BCUT2D eigenvalue weighted by molar-refractivity contribution is 7.19. The van der Waals surface area contributed by atoms with Gasteiger partial charge in [0, 0.05) is 10.9 Å². The second-order valence-electron chi connectivity index (χ2n) is 6.13. The van der Waals surface area contributed by atoms with E-state index in [1.807, 2.05) is 48.5 Å². The topological polar surface area (TPSA) is 74.7 Å². The van der Waals surface area contributed by atoms with Crippen molar-refractivity contribution in [3.05, 3.63) is 48.5 Å². The van der Waals surface area contributed by atoms with E-state index in [1.165, 1.54) is 11.3 Å². The maximum absolute atomic E-state index is 5.91. The molecule has 7 nitrogen and oxygen atoms in total. The van der Waals surface area contributed by atoms with Crippen LogP contribution in [0.3, 0.4) is 0 Å². The Balaban J connectivity index is 1.46. The third kappa shape index (κ3) is 2.30. The molecule has 0 fully saturated rings. The van der Waals surface area contributed by atoms with Crippen LogP contribution in [-0.2, 0) is 0 Å². The van der Waals surface area contributed by atoms with Crippen molar-refractivity contribution in [2.24, 2.45) is 0 Å². The number of ether oxygens (including phenoxy) is 2. The summed E-state index contributed by atoms with van der Waals surface area (Å²) >= 11 is 1.46. The quantitative estimate of drug-likeness (QED) is 0.463. The van der Waals surface area contributed by atoms with Crippen LogP contribution in [0.15, 0.2) is 52.9 Å². The Morgan fingerprint density at radius 1 is 0.926 bits per heavy atom. The van der Waals surface area contributed by atoms with Crippen LogP contribution in [0.5, 0.6) is 11.5 Å². The van der Waals surface area contributed by atoms with Crippen LogP contribution >= 0.6 is 11.3 Å². The second-order valence-corrected chi connectivity index (χ2v) is 7.09. The average Bonchev–Trinajstić information content (AvgIpc) is 3.40. The summed E-state index contributed by atoms with van der Waals surface area (Å²) in [7, 11) is 0. The van der Waals surface area contributed by atoms with Crippen molar-refractivity contribution in [3.8, 4) is 33.7 Å². The van der Waals surface area contributed by atoms with Gasteiger partial charge in [-0.3, -0.25) is 0 Å². The molecule has 6 rings (SSSR count). The Labute approximate surface area is 156 Å². The molecular formula is C19H12N4O3S. The van der Waals surface area contributed by atoms with Crippen molar-refractivity contribution in [1.82, 2.24) is 19.8 Å². The first kappa shape index (κ1) is 14.7. The molecule has 2 aromatic carbocycles. The summed E-state index contributed by atoms with van der Waals surface area (Å²) in [6.07, 6.45) is 0. The average molecular weight is 376 g/mol. The number of aromatic nitrogens is 4. The minimum absolute atomic E-state index is 0.553. The lowest BCUT2D eigenvalue weighted by molar-refractivity contribution is 0.171. The minimum atomic E-state index is 0.553. The highest BCUT2D eigenvalue weighted by Crippen LogP contribution is 2.36. The molecule has 27 heavy (non-hydrogen) atoms. The molecule has 0 atom stereocenters. The molecule has 3 aromatic heterocycles. The lowest BCUT2D eigenvalue weighted by atomic mass is 10.2. The largest absolute Gasteiger partial charge is 0.486 e. The fraction of sp³-hybridized carbons (Fsp3) is 0.105. The van der Waals surface area contributed by atoms with Crippen LogP contribution in [0.2, 0.25) is 0 Å². The molecule has 0 N–H and O–H groups in total. The van der Waals surface area contributed by atoms with Crippen molar-refractivity contribution in [2.45, 2.75) is 0 Å². The zero-order chi connectivity index (χ0) is 17.8. The summed E-state index contributed by atoms with van der Waals surface area (Å²) < 4.78 is 18.9. The van der Waals surface area contributed by atoms with Gasteiger partial charge in [0.25, 0.3) is 0 Å². The Bertz CT molecular complexity index is 1270. The van der Waals surface area contributed by atoms with Gasteiger partial charge in [-0.25, -0.2) is 0 Å². The molecule has 0 spiro atoms. The number of nitrogens with zero attached hydrogens (tertiary/aromatic N) is 4. The number of hydrogen-bond acceptors (Lipinski definition) is 7. The number of para-hydroxylation sites is 1. The monoisotopic (exact) mass is 376 g/mol. The number of furan rings is 1. The van der Waals surface area contributed by atoms with Crippen LogP contribution in [0, 0.1) is 0 Å². The molecule has 0 saturated carbocycles. The first-order chi connectivity index (χ1) is 13.3. The number of fused-ring (bicyclic) bond motifs is 3. The van der Waals surface area contributed by atoms with Crippen LogP contribution in [0.4, 0.5) is 0 Å². The lowest BCUT2D eigenvalue weighted by Crippen LogP contribution is -2.15. The van der Waals surface area contributed by atoms with E-state index in [0.29, 0.717) is 29.8 Å². The van der Waals surface area contributed by atoms with Gasteiger partial charge in [0.2, 0.25) is 10.8 Å². The van der Waals surface area contributed by atoms with Gasteiger partial charge in [-0.1, -0.05) is 29.5 Å². The second kappa shape index (κ2) is 5.55. The Morgan fingerprint density at radius 3 is 2.74 bits per heavy atom. The number of benzene rings is 2. The van der Waals surface area contributed by atoms with E-state index < -0.39 is 0 Å². The van der Waals surface area contributed by atoms with E-state index in [-0.39, 0.29) is 0 Å². The minimum Gasteiger partial charge on any atom is -0.486 e.